The van der Waals surface area contributed by atoms with Gasteiger partial charge in [-0.3, -0.25) is 4.79 Å². The van der Waals surface area contributed by atoms with E-state index in [1.807, 2.05) is 48.5 Å². The molecule has 1 N–H and O–H groups in total. The number of hydrogen-bond donors (Lipinski definition) is 1. The molecule has 1 saturated heterocycles. The Labute approximate surface area is 200 Å². The van der Waals surface area contributed by atoms with E-state index in [2.05, 4.69) is 10.3 Å². The maximum atomic E-state index is 12.4. The normalized spacial score (nSPS) is 15.8. The van der Waals surface area contributed by atoms with Gasteiger partial charge in [0.05, 0.1) is 12.0 Å². The zero-order valence-corrected chi connectivity index (χ0v) is 19.3. The Hall–Kier alpha value is -2.93. The van der Waals surface area contributed by atoms with Crippen molar-refractivity contribution in [3.63, 3.8) is 0 Å². The average Bonchev–Trinajstić information content (AvgIpc) is 3.13. The van der Waals surface area contributed by atoms with Crippen molar-refractivity contribution in [2.75, 3.05) is 7.11 Å². The van der Waals surface area contributed by atoms with Crippen LogP contribution in [-0.4, -0.2) is 18.2 Å². The van der Waals surface area contributed by atoms with Crippen molar-refractivity contribution in [3.8, 4) is 11.5 Å². The first-order valence-electron chi connectivity index (χ1n) is 9.61. The summed E-state index contributed by atoms with van der Waals surface area (Å²) in [6, 6.07) is 20.2. The highest BCUT2D eigenvalue weighted by molar-refractivity contribution is 8.18. The Bertz CT molecular complexity index is 1210. The molecule has 8 heteroatoms. The number of nitrogens with one attached hydrogen (secondary N) is 1. The fraction of sp³-hybridized carbons (Fsp3) is 0.0833. The lowest BCUT2D eigenvalue weighted by molar-refractivity contribution is -0.115. The molecule has 1 aliphatic heterocycles. The molecular weight excluding hydrogens is 467 g/mol. The summed E-state index contributed by atoms with van der Waals surface area (Å²) in [4.78, 5) is 17.4. The third kappa shape index (κ3) is 5.46. The van der Waals surface area contributed by atoms with Crippen molar-refractivity contribution in [1.29, 1.82) is 0 Å². The van der Waals surface area contributed by atoms with Gasteiger partial charge in [-0.1, -0.05) is 53.5 Å². The van der Waals surface area contributed by atoms with E-state index in [9.17, 15) is 4.79 Å². The number of methoxy groups -OCH3 is 1. The third-order valence-corrected chi connectivity index (χ3v) is 6.06. The minimum Gasteiger partial charge on any atom is -0.494 e. The standard InChI is InChI=1S/C24H18Cl2N2O3S/c1-30-21-11-8-17(25)13-20(21)27-24-28-23(29)22(32-24)12-15-6-9-18(10-7-15)31-14-16-4-2-3-5-19(16)26/h2-13H,14H2,1H3,(H,27,28,29)/b22-12-. The maximum absolute atomic E-state index is 12.4. The lowest BCUT2D eigenvalue weighted by Gasteiger charge is -2.08. The third-order valence-electron chi connectivity index (χ3n) is 4.54. The molecule has 0 radical (unpaired) electrons. The fourth-order valence-corrected chi connectivity index (χ4v) is 4.12. The smallest absolute Gasteiger partial charge is 0.264 e. The van der Waals surface area contributed by atoms with Crippen molar-refractivity contribution in [3.05, 3.63) is 92.8 Å². The van der Waals surface area contributed by atoms with Crippen LogP contribution < -0.4 is 14.8 Å². The van der Waals surface area contributed by atoms with Crippen LogP contribution in [0.2, 0.25) is 10.0 Å². The van der Waals surface area contributed by atoms with Gasteiger partial charge in [0.2, 0.25) is 0 Å². The number of thioether (sulfide) groups is 1. The molecule has 4 rings (SSSR count). The van der Waals surface area contributed by atoms with Gasteiger partial charge in [0, 0.05) is 15.6 Å². The van der Waals surface area contributed by atoms with Gasteiger partial charge in [-0.05, 0) is 59.8 Å². The van der Waals surface area contributed by atoms with E-state index in [-0.39, 0.29) is 5.91 Å². The average molecular weight is 485 g/mol. The number of halogens is 2. The van der Waals surface area contributed by atoms with E-state index in [0.29, 0.717) is 43.9 Å². The summed E-state index contributed by atoms with van der Waals surface area (Å²) in [7, 11) is 1.56. The van der Waals surface area contributed by atoms with Gasteiger partial charge in [-0.25, -0.2) is 4.99 Å². The van der Waals surface area contributed by atoms with E-state index in [1.165, 1.54) is 11.8 Å². The molecule has 3 aromatic carbocycles. The van der Waals surface area contributed by atoms with Crippen LogP contribution >= 0.6 is 35.0 Å². The highest BCUT2D eigenvalue weighted by Crippen LogP contribution is 2.34. The van der Waals surface area contributed by atoms with Crippen LogP contribution in [0.1, 0.15) is 11.1 Å². The molecule has 1 heterocycles. The lowest BCUT2D eigenvalue weighted by atomic mass is 10.2. The summed E-state index contributed by atoms with van der Waals surface area (Å²) in [6.07, 6.45) is 1.80. The summed E-state index contributed by atoms with van der Waals surface area (Å²) in [5.74, 6) is 1.07. The largest absolute Gasteiger partial charge is 0.494 e. The second kappa shape index (κ2) is 10.1. The Kier molecular flexibility index (Phi) is 7.05. The number of benzene rings is 3. The monoisotopic (exact) mass is 484 g/mol. The molecule has 5 nitrogen and oxygen atoms in total. The van der Waals surface area contributed by atoms with Crippen LogP contribution in [0.15, 0.2) is 76.6 Å². The Morgan fingerprint density at radius 1 is 1.06 bits per heavy atom. The topological polar surface area (TPSA) is 59.9 Å². The van der Waals surface area contributed by atoms with E-state index >= 15 is 0 Å². The van der Waals surface area contributed by atoms with Gasteiger partial charge in [0.25, 0.3) is 5.91 Å². The van der Waals surface area contributed by atoms with Crippen molar-refractivity contribution in [1.82, 2.24) is 5.32 Å². The van der Waals surface area contributed by atoms with Gasteiger partial charge >= 0.3 is 0 Å². The molecule has 3 aromatic rings. The zero-order valence-electron chi connectivity index (χ0n) is 17.0. The summed E-state index contributed by atoms with van der Waals surface area (Å²) < 4.78 is 11.1. The molecule has 32 heavy (non-hydrogen) atoms. The van der Waals surface area contributed by atoms with Gasteiger partial charge < -0.3 is 14.8 Å². The van der Waals surface area contributed by atoms with E-state index < -0.39 is 0 Å². The van der Waals surface area contributed by atoms with Crippen LogP contribution in [0.4, 0.5) is 5.69 Å². The zero-order chi connectivity index (χ0) is 22.5. The van der Waals surface area contributed by atoms with Gasteiger partial charge in [0.1, 0.15) is 23.8 Å². The SMILES string of the molecule is COc1ccc(Cl)cc1N=C1NC(=O)/C(=C/c2ccc(OCc3ccccc3Cl)cc2)S1. The Morgan fingerprint density at radius 3 is 2.59 bits per heavy atom. The van der Waals surface area contributed by atoms with Gasteiger partial charge in [0.15, 0.2) is 5.17 Å². The van der Waals surface area contributed by atoms with Crippen LogP contribution in [-0.2, 0) is 11.4 Å². The van der Waals surface area contributed by atoms with Crippen LogP contribution in [0.3, 0.4) is 0 Å². The second-order valence-electron chi connectivity index (χ2n) is 6.75. The summed E-state index contributed by atoms with van der Waals surface area (Å²) in [5.41, 5.74) is 2.33. The molecule has 0 aromatic heterocycles. The van der Waals surface area contributed by atoms with Crippen molar-refractivity contribution < 1.29 is 14.3 Å². The molecule has 0 bridgehead atoms. The number of nitrogens with zero attached hydrogens (tertiary/aromatic N) is 1. The molecule has 1 fully saturated rings. The minimum atomic E-state index is -0.214. The number of amides is 1. The van der Waals surface area contributed by atoms with Crippen LogP contribution in [0.5, 0.6) is 11.5 Å². The van der Waals surface area contributed by atoms with Crippen LogP contribution in [0, 0.1) is 0 Å². The summed E-state index contributed by atoms with van der Waals surface area (Å²) in [6.45, 7) is 0.380. The number of amidine groups is 1. The molecule has 1 amide bonds. The number of rotatable bonds is 6. The van der Waals surface area contributed by atoms with E-state index in [0.717, 1.165) is 11.1 Å². The molecule has 0 saturated carbocycles. The predicted molar refractivity (Wildman–Crippen MR) is 131 cm³/mol. The number of hydrogen-bond acceptors (Lipinski definition) is 5. The molecule has 0 atom stereocenters. The van der Waals surface area contributed by atoms with Gasteiger partial charge in [-0.15, -0.1) is 0 Å². The summed E-state index contributed by atoms with van der Waals surface area (Å²) >= 11 is 13.5. The molecule has 0 unspecified atom stereocenters. The maximum Gasteiger partial charge on any atom is 0.264 e. The first-order chi connectivity index (χ1) is 15.5. The first kappa shape index (κ1) is 22.3. The van der Waals surface area contributed by atoms with Crippen LogP contribution in [0.25, 0.3) is 6.08 Å². The number of ether oxygens (including phenoxy) is 2. The summed E-state index contributed by atoms with van der Waals surface area (Å²) in [5, 5.41) is 4.43. The number of carbonyl (C=O) groups excluding carboxylic acids is 1. The van der Waals surface area contributed by atoms with Crippen molar-refractivity contribution in [2.24, 2.45) is 4.99 Å². The van der Waals surface area contributed by atoms with Gasteiger partial charge in [-0.2, -0.15) is 0 Å². The van der Waals surface area contributed by atoms with Crippen molar-refractivity contribution in [2.45, 2.75) is 6.61 Å². The number of aliphatic imine (C=N–C) groups is 1. The van der Waals surface area contributed by atoms with E-state index in [4.69, 9.17) is 32.7 Å². The molecule has 0 spiro atoms. The lowest BCUT2D eigenvalue weighted by Crippen LogP contribution is -2.19. The fourth-order valence-electron chi connectivity index (χ4n) is 2.93. The highest BCUT2D eigenvalue weighted by Gasteiger charge is 2.24. The highest BCUT2D eigenvalue weighted by atomic mass is 35.5. The molecule has 1 aliphatic rings. The molecule has 0 aliphatic carbocycles. The predicted octanol–water partition coefficient (Wildman–Crippen LogP) is 6.47. The second-order valence-corrected chi connectivity index (χ2v) is 8.62. The number of carbonyl (C=O) groups is 1. The molecular formula is C24H18Cl2N2O3S. The Morgan fingerprint density at radius 2 is 1.84 bits per heavy atom. The quantitative estimate of drug-likeness (QED) is 0.407. The van der Waals surface area contributed by atoms with Crippen molar-refractivity contribution >= 4 is 57.8 Å². The molecule has 162 valence electrons. The van der Waals surface area contributed by atoms with E-state index in [1.54, 1.807) is 31.4 Å². The Balaban J connectivity index is 1.44. The minimum absolute atomic E-state index is 0.214. The first-order valence-corrected chi connectivity index (χ1v) is 11.2.